The van der Waals surface area contributed by atoms with Gasteiger partial charge in [-0.05, 0) is 18.6 Å². The number of nitrogens with zero attached hydrogens (tertiary/aromatic N) is 1. The van der Waals surface area contributed by atoms with Gasteiger partial charge in [-0.1, -0.05) is 12.1 Å². The first-order valence-corrected chi connectivity index (χ1v) is 4.80. The monoisotopic (exact) mass is 193 g/mol. The maximum Gasteiger partial charge on any atom is 0.132 e. The fraction of sp³-hybridized carbons (Fsp3) is 0.100. The van der Waals surface area contributed by atoms with Gasteiger partial charge in [-0.3, -0.25) is 4.98 Å². The lowest BCUT2D eigenvalue weighted by atomic mass is 10.1. The molecule has 1 aromatic heterocycles. The Kier molecular flexibility index (Phi) is 2.10. The molecule has 0 atom stereocenters. The van der Waals surface area contributed by atoms with E-state index in [-0.39, 0.29) is 5.82 Å². The predicted molar refractivity (Wildman–Crippen MR) is 52.2 cm³/mol. The Balaban J connectivity index is 2.53. The summed E-state index contributed by atoms with van der Waals surface area (Å²) in [4.78, 5) is 4.79. The van der Waals surface area contributed by atoms with Crippen LogP contribution in [0.3, 0.4) is 0 Å². The van der Waals surface area contributed by atoms with Gasteiger partial charge in [-0.25, -0.2) is 4.39 Å². The van der Waals surface area contributed by atoms with Crippen LogP contribution in [0.15, 0.2) is 29.9 Å². The van der Waals surface area contributed by atoms with E-state index < -0.39 is 0 Å². The number of halogens is 1. The standard InChI is InChI=1S/C10H8FNS/c1-7-2-3-8(9(11)4-7)10-5-12-6-13-10/h2-6H,1H3. The molecule has 0 radical (unpaired) electrons. The van der Waals surface area contributed by atoms with Crippen LogP contribution >= 0.6 is 11.3 Å². The molecule has 3 heteroatoms. The second-order valence-corrected chi connectivity index (χ2v) is 3.74. The molecule has 0 saturated heterocycles. The summed E-state index contributed by atoms with van der Waals surface area (Å²) >= 11 is 1.44. The Morgan fingerprint density at radius 2 is 2.23 bits per heavy atom. The Labute approximate surface area is 79.9 Å². The minimum atomic E-state index is -0.177. The zero-order valence-electron chi connectivity index (χ0n) is 7.12. The average Bonchev–Trinajstić information content (AvgIpc) is 2.56. The lowest BCUT2D eigenvalue weighted by Crippen LogP contribution is -1.82. The van der Waals surface area contributed by atoms with Crippen molar-refractivity contribution >= 4 is 11.3 Å². The molecule has 1 aromatic carbocycles. The molecule has 0 spiro atoms. The smallest absolute Gasteiger partial charge is 0.132 e. The van der Waals surface area contributed by atoms with Gasteiger partial charge in [0.2, 0.25) is 0 Å². The fourth-order valence-corrected chi connectivity index (χ4v) is 1.82. The molecule has 2 aromatic rings. The van der Waals surface area contributed by atoms with Crippen LogP contribution in [-0.4, -0.2) is 4.98 Å². The molecule has 0 saturated carbocycles. The summed E-state index contributed by atoms with van der Waals surface area (Å²) in [7, 11) is 0. The third-order valence-electron chi connectivity index (χ3n) is 1.82. The number of aromatic nitrogens is 1. The Hall–Kier alpha value is -1.22. The van der Waals surface area contributed by atoms with Crippen molar-refractivity contribution < 1.29 is 4.39 Å². The highest BCUT2D eigenvalue weighted by atomic mass is 32.1. The van der Waals surface area contributed by atoms with Gasteiger partial charge in [-0.2, -0.15) is 0 Å². The van der Waals surface area contributed by atoms with Gasteiger partial charge < -0.3 is 0 Å². The Morgan fingerprint density at radius 1 is 1.38 bits per heavy atom. The summed E-state index contributed by atoms with van der Waals surface area (Å²) in [5.74, 6) is -0.177. The molecule has 2 rings (SSSR count). The lowest BCUT2D eigenvalue weighted by Gasteiger charge is -1.99. The topological polar surface area (TPSA) is 12.9 Å². The van der Waals surface area contributed by atoms with Gasteiger partial charge in [0.25, 0.3) is 0 Å². The van der Waals surface area contributed by atoms with Gasteiger partial charge in [0.05, 0.1) is 10.4 Å². The first-order valence-electron chi connectivity index (χ1n) is 3.92. The predicted octanol–water partition coefficient (Wildman–Crippen LogP) is 3.26. The molecule has 13 heavy (non-hydrogen) atoms. The molecule has 0 aliphatic rings. The fourth-order valence-electron chi connectivity index (χ4n) is 1.17. The van der Waals surface area contributed by atoms with E-state index in [0.717, 1.165) is 10.4 Å². The summed E-state index contributed by atoms with van der Waals surface area (Å²) < 4.78 is 13.4. The second-order valence-electron chi connectivity index (χ2n) is 2.85. The molecular weight excluding hydrogens is 185 g/mol. The SMILES string of the molecule is Cc1ccc(-c2cncs2)c(F)c1. The summed E-state index contributed by atoms with van der Waals surface area (Å²) in [6, 6.07) is 5.23. The summed E-state index contributed by atoms with van der Waals surface area (Å²) in [6.07, 6.45) is 1.68. The van der Waals surface area contributed by atoms with E-state index in [9.17, 15) is 4.39 Å². The average molecular weight is 193 g/mol. The maximum atomic E-state index is 13.4. The largest absolute Gasteiger partial charge is 0.252 e. The highest BCUT2D eigenvalue weighted by Gasteiger charge is 2.05. The number of rotatable bonds is 1. The molecular formula is C10H8FNS. The maximum absolute atomic E-state index is 13.4. The highest BCUT2D eigenvalue weighted by Crippen LogP contribution is 2.26. The van der Waals surface area contributed by atoms with Crippen LogP contribution < -0.4 is 0 Å². The van der Waals surface area contributed by atoms with E-state index in [0.29, 0.717) is 5.56 Å². The minimum Gasteiger partial charge on any atom is -0.252 e. The Bertz CT molecular complexity index is 409. The van der Waals surface area contributed by atoms with Crippen molar-refractivity contribution in [1.82, 2.24) is 4.98 Å². The van der Waals surface area contributed by atoms with E-state index in [1.807, 2.05) is 13.0 Å². The summed E-state index contributed by atoms with van der Waals surface area (Å²) in [6.45, 7) is 1.87. The molecule has 1 nitrogen and oxygen atoms in total. The molecule has 0 fully saturated rings. The molecule has 66 valence electrons. The Morgan fingerprint density at radius 3 is 2.85 bits per heavy atom. The molecule has 0 amide bonds. The van der Waals surface area contributed by atoms with Crippen LogP contribution in [0.1, 0.15) is 5.56 Å². The van der Waals surface area contributed by atoms with Crippen molar-refractivity contribution in [3.05, 3.63) is 41.3 Å². The first kappa shape index (κ1) is 8.38. The van der Waals surface area contributed by atoms with Gasteiger partial charge in [0, 0.05) is 11.8 Å². The normalized spacial score (nSPS) is 10.3. The highest BCUT2D eigenvalue weighted by molar-refractivity contribution is 7.13. The molecule has 0 N–H and O–H groups in total. The first-order chi connectivity index (χ1) is 6.27. The van der Waals surface area contributed by atoms with Crippen LogP contribution in [0.5, 0.6) is 0 Å². The van der Waals surface area contributed by atoms with E-state index in [1.54, 1.807) is 17.8 Å². The summed E-state index contributed by atoms with van der Waals surface area (Å²) in [5.41, 5.74) is 3.27. The molecule has 1 heterocycles. The second kappa shape index (κ2) is 3.26. The lowest BCUT2D eigenvalue weighted by molar-refractivity contribution is 0.630. The van der Waals surface area contributed by atoms with Crippen LogP contribution in [0.4, 0.5) is 4.39 Å². The van der Waals surface area contributed by atoms with E-state index in [2.05, 4.69) is 4.98 Å². The number of benzene rings is 1. The quantitative estimate of drug-likeness (QED) is 0.677. The van der Waals surface area contributed by atoms with Crippen LogP contribution in [-0.2, 0) is 0 Å². The van der Waals surface area contributed by atoms with Crippen molar-refractivity contribution in [3.63, 3.8) is 0 Å². The van der Waals surface area contributed by atoms with Gasteiger partial charge >= 0.3 is 0 Å². The zero-order valence-corrected chi connectivity index (χ0v) is 7.94. The molecule has 0 bridgehead atoms. The van der Waals surface area contributed by atoms with Crippen LogP contribution in [0, 0.1) is 12.7 Å². The molecule has 0 unspecified atom stereocenters. The zero-order chi connectivity index (χ0) is 9.26. The van der Waals surface area contributed by atoms with Gasteiger partial charge in [-0.15, -0.1) is 11.3 Å². The van der Waals surface area contributed by atoms with E-state index in [1.165, 1.54) is 17.4 Å². The van der Waals surface area contributed by atoms with Gasteiger partial charge in [0.15, 0.2) is 0 Å². The number of hydrogen-bond acceptors (Lipinski definition) is 2. The van der Waals surface area contributed by atoms with Crippen molar-refractivity contribution in [2.45, 2.75) is 6.92 Å². The van der Waals surface area contributed by atoms with Crippen LogP contribution in [0.2, 0.25) is 0 Å². The number of hydrogen-bond donors (Lipinski definition) is 0. The summed E-state index contributed by atoms with van der Waals surface area (Å²) in [5, 5.41) is 0. The van der Waals surface area contributed by atoms with E-state index in [4.69, 9.17) is 0 Å². The van der Waals surface area contributed by atoms with Crippen molar-refractivity contribution in [2.75, 3.05) is 0 Å². The van der Waals surface area contributed by atoms with Gasteiger partial charge in [0.1, 0.15) is 5.82 Å². The van der Waals surface area contributed by atoms with Crippen molar-refractivity contribution in [3.8, 4) is 10.4 Å². The minimum absolute atomic E-state index is 0.177. The third kappa shape index (κ3) is 1.60. The van der Waals surface area contributed by atoms with Crippen LogP contribution in [0.25, 0.3) is 10.4 Å². The third-order valence-corrected chi connectivity index (χ3v) is 2.63. The number of thiazole rings is 1. The number of aryl methyl sites for hydroxylation is 1. The van der Waals surface area contributed by atoms with E-state index >= 15 is 0 Å². The van der Waals surface area contributed by atoms with Crippen molar-refractivity contribution in [2.24, 2.45) is 0 Å². The van der Waals surface area contributed by atoms with Crippen molar-refractivity contribution in [1.29, 1.82) is 0 Å². The molecule has 0 aliphatic carbocycles. The molecule has 0 aliphatic heterocycles.